The summed E-state index contributed by atoms with van der Waals surface area (Å²) >= 11 is 0. The van der Waals surface area contributed by atoms with E-state index in [-0.39, 0.29) is 39.7 Å². The van der Waals surface area contributed by atoms with Gasteiger partial charge >= 0.3 is 0 Å². The third-order valence-corrected chi connectivity index (χ3v) is 0. The van der Waals surface area contributed by atoms with Gasteiger partial charge in [0.15, 0.2) is 0 Å². The topological polar surface area (TPSA) is 66.5 Å². The Labute approximate surface area is 40.4 Å². The summed E-state index contributed by atoms with van der Waals surface area (Å²) in [4.78, 5) is 0. The molecule has 0 fully saturated rings. The normalized spacial score (nSPS) is 0. The predicted octanol–water partition coefficient (Wildman–Crippen LogP) is -2.12. The summed E-state index contributed by atoms with van der Waals surface area (Å²) in [5, 5.41) is 0. The molecule has 0 aromatic rings. The molecule has 0 amide bonds. The standard InChI is InChI=1S/Cu.H3N.H2O.H4Si/h;1H3;1H2;1H4. The van der Waals surface area contributed by atoms with Gasteiger partial charge in [-0.25, -0.2) is 0 Å². The average Bonchev–Trinajstić information content (AvgIpc) is 0. The summed E-state index contributed by atoms with van der Waals surface area (Å²) < 4.78 is 0. The summed E-state index contributed by atoms with van der Waals surface area (Å²) in [7, 11) is 0. The molecule has 0 atom stereocenters. The van der Waals surface area contributed by atoms with Crippen LogP contribution < -0.4 is 6.15 Å². The van der Waals surface area contributed by atoms with Gasteiger partial charge in [0, 0.05) is 17.1 Å². The molecule has 35 valence electrons. The molecule has 4 heavy (non-hydrogen) atoms. The maximum Gasteiger partial charge on any atom is 0 e. The predicted molar refractivity (Wildman–Crippen MR) is 20.0 cm³/mol. The van der Waals surface area contributed by atoms with Crippen molar-refractivity contribution < 1.29 is 22.5 Å². The fourth-order valence-electron chi connectivity index (χ4n) is 0. The molecule has 0 heterocycles. The van der Waals surface area contributed by atoms with Crippen LogP contribution in [-0.2, 0) is 17.1 Å². The largest absolute Gasteiger partial charge is 0.412 e. The number of rotatable bonds is 0. The van der Waals surface area contributed by atoms with Crippen LogP contribution in [0.3, 0.4) is 0 Å². The minimum atomic E-state index is 0. The molecule has 4 heteroatoms. The van der Waals surface area contributed by atoms with Crippen LogP contribution in [-0.4, -0.2) is 16.4 Å². The van der Waals surface area contributed by atoms with Crippen LogP contribution in [0, 0.1) is 0 Å². The zero-order valence-electron chi connectivity index (χ0n) is 1.51. The van der Waals surface area contributed by atoms with Crippen LogP contribution in [0.15, 0.2) is 0 Å². The Kier molecular flexibility index (Phi) is 2160. The summed E-state index contributed by atoms with van der Waals surface area (Å²) in [5.41, 5.74) is 0. The van der Waals surface area contributed by atoms with E-state index in [0.717, 1.165) is 0 Å². The van der Waals surface area contributed by atoms with E-state index in [1.807, 2.05) is 0 Å². The molecular formula is H9CuNOSi. The van der Waals surface area contributed by atoms with Gasteiger partial charge in [-0.2, -0.15) is 0 Å². The second kappa shape index (κ2) is 59.9. The van der Waals surface area contributed by atoms with Crippen LogP contribution in [0.2, 0.25) is 0 Å². The molecule has 0 aliphatic rings. The van der Waals surface area contributed by atoms with Gasteiger partial charge in [0.1, 0.15) is 0 Å². The average molecular weight is 131 g/mol. The second-order valence-electron chi connectivity index (χ2n) is 0. The molecule has 0 spiro atoms. The Hall–Kier alpha value is 0.656. The van der Waals surface area contributed by atoms with Crippen molar-refractivity contribution in [1.82, 2.24) is 6.15 Å². The minimum Gasteiger partial charge on any atom is -0.412 e. The zero-order chi connectivity index (χ0) is 0. The summed E-state index contributed by atoms with van der Waals surface area (Å²) in [6, 6.07) is 0. The van der Waals surface area contributed by atoms with Gasteiger partial charge in [-0.3, -0.25) is 0 Å². The van der Waals surface area contributed by atoms with E-state index < -0.39 is 0 Å². The maximum absolute atomic E-state index is 0. The van der Waals surface area contributed by atoms with Gasteiger partial charge < -0.3 is 11.6 Å². The third kappa shape index (κ3) is 16.9. The molecule has 1 radical (unpaired) electrons. The first-order chi connectivity index (χ1) is 0. The first-order valence-corrected chi connectivity index (χ1v) is 0. The van der Waals surface area contributed by atoms with Crippen LogP contribution >= 0.6 is 0 Å². The molecular weight excluding hydrogens is 122 g/mol. The van der Waals surface area contributed by atoms with E-state index in [4.69, 9.17) is 0 Å². The van der Waals surface area contributed by atoms with Crippen LogP contribution in [0.5, 0.6) is 0 Å². The van der Waals surface area contributed by atoms with Gasteiger partial charge in [-0.05, 0) is 11.0 Å². The Bertz CT molecular complexity index is 8.00. The van der Waals surface area contributed by atoms with E-state index in [1.54, 1.807) is 0 Å². The second-order valence-corrected chi connectivity index (χ2v) is 0. The Balaban J connectivity index is 0. The summed E-state index contributed by atoms with van der Waals surface area (Å²) in [6.07, 6.45) is 0. The molecule has 0 aromatic carbocycles. The van der Waals surface area contributed by atoms with Gasteiger partial charge in [0.25, 0.3) is 0 Å². The SMILES string of the molecule is N.O.[Cu].[SiH4]. The van der Waals surface area contributed by atoms with Crippen molar-refractivity contribution in [2.24, 2.45) is 0 Å². The molecule has 2 nitrogen and oxygen atoms in total. The third-order valence-electron chi connectivity index (χ3n) is 0. The Morgan fingerprint density at radius 2 is 1.00 bits per heavy atom. The molecule has 0 unspecified atom stereocenters. The van der Waals surface area contributed by atoms with Gasteiger partial charge in [-0.15, -0.1) is 0 Å². The van der Waals surface area contributed by atoms with E-state index in [9.17, 15) is 0 Å². The van der Waals surface area contributed by atoms with Gasteiger partial charge in [0.05, 0.1) is 0 Å². The summed E-state index contributed by atoms with van der Waals surface area (Å²) in [5.74, 6) is 0. The van der Waals surface area contributed by atoms with Crippen molar-refractivity contribution in [3.8, 4) is 0 Å². The minimum absolute atomic E-state index is 0. The van der Waals surface area contributed by atoms with Crippen LogP contribution in [0.1, 0.15) is 0 Å². The molecule has 0 rings (SSSR count). The van der Waals surface area contributed by atoms with E-state index in [1.165, 1.54) is 0 Å². The van der Waals surface area contributed by atoms with Crippen LogP contribution in [0.4, 0.5) is 0 Å². The first kappa shape index (κ1) is 144. The summed E-state index contributed by atoms with van der Waals surface area (Å²) in [6.45, 7) is 0. The molecule has 5 N–H and O–H groups in total. The zero-order valence-corrected chi connectivity index (χ0v) is 2.45. The van der Waals surface area contributed by atoms with Crippen molar-refractivity contribution in [1.29, 1.82) is 0 Å². The van der Waals surface area contributed by atoms with Crippen molar-refractivity contribution in [2.45, 2.75) is 0 Å². The monoisotopic (exact) mass is 130 g/mol. The quantitative estimate of drug-likeness (QED) is 0.375. The smallest absolute Gasteiger partial charge is 0 e. The van der Waals surface area contributed by atoms with Crippen molar-refractivity contribution in [3.05, 3.63) is 0 Å². The fourth-order valence-corrected chi connectivity index (χ4v) is 0. The Morgan fingerprint density at radius 3 is 1.00 bits per heavy atom. The van der Waals surface area contributed by atoms with E-state index in [0.29, 0.717) is 0 Å². The van der Waals surface area contributed by atoms with Crippen LogP contribution in [0.25, 0.3) is 0 Å². The molecule has 0 saturated heterocycles. The molecule has 0 bridgehead atoms. The maximum atomic E-state index is 0. The van der Waals surface area contributed by atoms with E-state index >= 15 is 0 Å². The van der Waals surface area contributed by atoms with Crippen molar-refractivity contribution in [2.75, 3.05) is 0 Å². The van der Waals surface area contributed by atoms with Crippen molar-refractivity contribution >= 4 is 11.0 Å². The van der Waals surface area contributed by atoms with Crippen molar-refractivity contribution in [3.63, 3.8) is 0 Å². The first-order valence-electron chi connectivity index (χ1n) is 0. The number of hydrogen-bond acceptors (Lipinski definition) is 1. The fraction of sp³-hybridized carbons (Fsp3) is 0. The Morgan fingerprint density at radius 1 is 1.00 bits per heavy atom. The van der Waals surface area contributed by atoms with Gasteiger partial charge in [0.2, 0.25) is 0 Å². The van der Waals surface area contributed by atoms with Gasteiger partial charge in [-0.1, -0.05) is 0 Å². The molecule has 0 aromatic heterocycles. The van der Waals surface area contributed by atoms with E-state index in [2.05, 4.69) is 0 Å². The number of hydrogen-bond donors (Lipinski definition) is 1. The molecule has 0 saturated carbocycles. The molecule has 0 aliphatic carbocycles. The molecule has 0 aliphatic heterocycles.